The number of likely N-dealkylation sites (tertiary alicyclic amines) is 1. The van der Waals surface area contributed by atoms with Gasteiger partial charge in [0.2, 0.25) is 0 Å². The minimum atomic E-state index is 0.787. The predicted molar refractivity (Wildman–Crippen MR) is 50.2 cm³/mol. The molecule has 0 aromatic rings. The van der Waals surface area contributed by atoms with Gasteiger partial charge in [-0.15, -0.1) is 0 Å². The van der Waals surface area contributed by atoms with Crippen LogP contribution in [0.3, 0.4) is 0 Å². The fraction of sp³-hybridized carbons (Fsp3) is 1.00. The third kappa shape index (κ3) is 2.36. The van der Waals surface area contributed by atoms with Crippen molar-refractivity contribution in [3.63, 3.8) is 0 Å². The lowest BCUT2D eigenvalue weighted by Gasteiger charge is -2.17. The molecular weight excluding hydrogens is 241 g/mol. The molecule has 0 amide bonds. The highest BCUT2D eigenvalue weighted by molar-refractivity contribution is 14.1. The van der Waals surface area contributed by atoms with Crippen molar-refractivity contribution in [2.24, 2.45) is 0 Å². The second kappa shape index (κ2) is 4.51. The van der Waals surface area contributed by atoms with Gasteiger partial charge in [-0.2, -0.15) is 0 Å². The van der Waals surface area contributed by atoms with Gasteiger partial charge in [-0.05, 0) is 32.9 Å². The molecule has 10 heavy (non-hydrogen) atoms. The summed E-state index contributed by atoms with van der Waals surface area (Å²) in [7, 11) is 2.20. The van der Waals surface area contributed by atoms with Crippen LogP contribution in [0.1, 0.15) is 19.3 Å². The van der Waals surface area contributed by atoms with Gasteiger partial charge in [0, 0.05) is 6.04 Å². The van der Waals surface area contributed by atoms with Gasteiger partial charge in [0.15, 0.2) is 0 Å². The lowest BCUT2D eigenvalue weighted by molar-refractivity contribution is 0.263. The summed E-state index contributed by atoms with van der Waals surface area (Å²) in [6, 6.07) is 0.787. The Balaban J connectivity index is 2.14. The number of rotatable bonds is 3. The predicted octanol–water partition coefficient (Wildman–Crippen LogP) is 1.84. The summed E-state index contributed by atoms with van der Waals surface area (Å²) < 4.78 is 5.00. The average molecular weight is 255 g/mol. The van der Waals surface area contributed by atoms with Crippen molar-refractivity contribution in [1.82, 2.24) is 4.90 Å². The van der Waals surface area contributed by atoms with E-state index in [2.05, 4.69) is 11.9 Å². The van der Waals surface area contributed by atoms with Crippen molar-refractivity contribution >= 4 is 23.0 Å². The van der Waals surface area contributed by atoms with E-state index in [0.29, 0.717) is 0 Å². The fourth-order valence-electron chi connectivity index (χ4n) is 1.52. The van der Waals surface area contributed by atoms with Gasteiger partial charge in [-0.3, -0.25) is 0 Å². The highest BCUT2D eigenvalue weighted by Gasteiger charge is 2.19. The quantitative estimate of drug-likeness (QED) is 0.713. The molecular formula is C7H14INO. The summed E-state index contributed by atoms with van der Waals surface area (Å²) in [5, 5.41) is 0. The number of halogens is 1. The molecule has 1 atom stereocenters. The van der Waals surface area contributed by atoms with Crippen LogP contribution in [0.2, 0.25) is 0 Å². The smallest absolute Gasteiger partial charge is 0.109 e. The Morgan fingerprint density at radius 3 is 3.00 bits per heavy atom. The van der Waals surface area contributed by atoms with Crippen LogP contribution in [0.4, 0.5) is 0 Å². The summed E-state index contributed by atoms with van der Waals surface area (Å²) in [4.78, 5) is 2.43. The standard InChI is InChI=1S/C7H14INO/c1-9-5-2-3-7(9)4-6-10-8/h7H,2-6H2,1H3. The van der Waals surface area contributed by atoms with Crippen molar-refractivity contribution in [2.75, 3.05) is 20.2 Å². The Bertz CT molecular complexity index is 99.6. The van der Waals surface area contributed by atoms with E-state index in [4.69, 9.17) is 3.07 Å². The lowest BCUT2D eigenvalue weighted by atomic mass is 10.2. The fourth-order valence-corrected chi connectivity index (χ4v) is 1.78. The molecule has 0 aromatic heterocycles. The van der Waals surface area contributed by atoms with E-state index in [1.807, 2.05) is 23.0 Å². The van der Waals surface area contributed by atoms with Crippen molar-refractivity contribution < 1.29 is 3.07 Å². The first-order valence-electron chi connectivity index (χ1n) is 3.78. The molecule has 1 rings (SSSR count). The first-order chi connectivity index (χ1) is 4.84. The highest BCUT2D eigenvalue weighted by Crippen LogP contribution is 2.17. The molecule has 2 nitrogen and oxygen atoms in total. The molecule has 1 unspecified atom stereocenters. The molecule has 1 heterocycles. The Morgan fingerprint density at radius 1 is 1.70 bits per heavy atom. The topological polar surface area (TPSA) is 12.5 Å². The molecule has 0 aliphatic carbocycles. The summed E-state index contributed by atoms with van der Waals surface area (Å²) in [6.45, 7) is 2.17. The Morgan fingerprint density at radius 2 is 2.50 bits per heavy atom. The minimum Gasteiger partial charge on any atom is -0.316 e. The van der Waals surface area contributed by atoms with E-state index in [-0.39, 0.29) is 0 Å². The monoisotopic (exact) mass is 255 g/mol. The van der Waals surface area contributed by atoms with E-state index in [0.717, 1.165) is 12.6 Å². The van der Waals surface area contributed by atoms with Crippen LogP contribution in [0, 0.1) is 0 Å². The van der Waals surface area contributed by atoms with E-state index in [1.54, 1.807) is 0 Å². The number of nitrogens with zero attached hydrogens (tertiary/aromatic N) is 1. The maximum atomic E-state index is 5.00. The molecule has 0 saturated carbocycles. The van der Waals surface area contributed by atoms with Crippen molar-refractivity contribution in [2.45, 2.75) is 25.3 Å². The van der Waals surface area contributed by atoms with E-state index < -0.39 is 0 Å². The molecule has 60 valence electrons. The molecule has 1 saturated heterocycles. The number of hydrogen-bond donors (Lipinski definition) is 0. The Kier molecular flexibility index (Phi) is 3.95. The summed E-state index contributed by atoms with van der Waals surface area (Å²) in [5.74, 6) is 0. The molecule has 0 bridgehead atoms. The highest BCUT2D eigenvalue weighted by atomic mass is 127. The first-order valence-corrected chi connectivity index (χ1v) is 4.66. The van der Waals surface area contributed by atoms with E-state index in [1.165, 1.54) is 25.8 Å². The van der Waals surface area contributed by atoms with E-state index in [9.17, 15) is 0 Å². The maximum Gasteiger partial charge on any atom is 0.109 e. The SMILES string of the molecule is CN1CCCC1CCOI. The Hall–Kier alpha value is 0.650. The first kappa shape index (κ1) is 8.74. The largest absolute Gasteiger partial charge is 0.316 e. The zero-order valence-corrected chi connectivity index (χ0v) is 8.50. The zero-order valence-electron chi connectivity index (χ0n) is 6.35. The van der Waals surface area contributed by atoms with Gasteiger partial charge in [-0.1, -0.05) is 0 Å². The van der Waals surface area contributed by atoms with Crippen LogP contribution in [-0.4, -0.2) is 31.1 Å². The molecule has 0 spiro atoms. The van der Waals surface area contributed by atoms with Crippen LogP contribution in [0.25, 0.3) is 0 Å². The van der Waals surface area contributed by atoms with Crippen LogP contribution in [0.15, 0.2) is 0 Å². The normalized spacial score (nSPS) is 27.6. The molecule has 1 aliphatic heterocycles. The zero-order chi connectivity index (χ0) is 7.40. The maximum absolute atomic E-state index is 5.00. The van der Waals surface area contributed by atoms with E-state index >= 15 is 0 Å². The molecule has 3 heteroatoms. The molecule has 0 N–H and O–H groups in total. The van der Waals surface area contributed by atoms with Crippen molar-refractivity contribution in [1.29, 1.82) is 0 Å². The second-order valence-corrected chi connectivity index (χ2v) is 3.50. The van der Waals surface area contributed by atoms with Gasteiger partial charge in [0.25, 0.3) is 0 Å². The molecule has 1 aliphatic rings. The third-order valence-electron chi connectivity index (χ3n) is 2.20. The summed E-state index contributed by atoms with van der Waals surface area (Å²) in [5.41, 5.74) is 0. The average Bonchev–Trinajstić information content (AvgIpc) is 2.31. The summed E-state index contributed by atoms with van der Waals surface area (Å²) in [6.07, 6.45) is 3.92. The Labute approximate surface area is 76.6 Å². The van der Waals surface area contributed by atoms with Gasteiger partial charge >= 0.3 is 0 Å². The molecule has 0 aromatic carbocycles. The molecule has 0 radical (unpaired) electrons. The van der Waals surface area contributed by atoms with Crippen molar-refractivity contribution in [3.05, 3.63) is 0 Å². The second-order valence-electron chi connectivity index (χ2n) is 2.88. The number of hydrogen-bond acceptors (Lipinski definition) is 2. The summed E-state index contributed by atoms with van der Waals surface area (Å²) >= 11 is 1.96. The van der Waals surface area contributed by atoms with Crippen molar-refractivity contribution in [3.8, 4) is 0 Å². The van der Waals surface area contributed by atoms with Crippen LogP contribution in [0.5, 0.6) is 0 Å². The van der Waals surface area contributed by atoms with Gasteiger partial charge in [0.05, 0.1) is 6.61 Å². The van der Waals surface area contributed by atoms with Gasteiger partial charge in [0.1, 0.15) is 23.0 Å². The van der Waals surface area contributed by atoms with Crippen LogP contribution < -0.4 is 0 Å². The van der Waals surface area contributed by atoms with Gasteiger partial charge in [-0.25, -0.2) is 0 Å². The minimum absolute atomic E-state index is 0.787. The molecule has 1 fully saturated rings. The lowest BCUT2D eigenvalue weighted by Crippen LogP contribution is -2.25. The van der Waals surface area contributed by atoms with Gasteiger partial charge < -0.3 is 7.97 Å². The van der Waals surface area contributed by atoms with Crippen LogP contribution >= 0.6 is 23.0 Å². The van der Waals surface area contributed by atoms with Crippen LogP contribution in [-0.2, 0) is 3.07 Å². The third-order valence-corrected chi connectivity index (χ3v) is 2.64.